The van der Waals surface area contributed by atoms with Crippen molar-refractivity contribution >= 4 is 11.8 Å². The summed E-state index contributed by atoms with van der Waals surface area (Å²) in [6.07, 6.45) is 1.22. The van der Waals surface area contributed by atoms with Crippen LogP contribution >= 0.6 is 0 Å². The topological polar surface area (TPSA) is 59.1 Å². The van der Waals surface area contributed by atoms with Crippen LogP contribution in [0.5, 0.6) is 0 Å². The summed E-state index contributed by atoms with van der Waals surface area (Å²) in [4.78, 5) is 27.1. The van der Waals surface area contributed by atoms with Crippen molar-refractivity contribution in [2.75, 3.05) is 53.6 Å². The molecule has 6 nitrogen and oxygen atoms in total. The van der Waals surface area contributed by atoms with Crippen molar-refractivity contribution < 1.29 is 19.1 Å². The van der Waals surface area contributed by atoms with Gasteiger partial charge in [-0.3, -0.25) is 9.59 Å². The van der Waals surface area contributed by atoms with Crippen molar-refractivity contribution in [2.45, 2.75) is 12.8 Å². The monoisotopic (exact) mass is 258 g/mol. The lowest BCUT2D eigenvalue weighted by molar-refractivity contribution is -0.136. The summed E-state index contributed by atoms with van der Waals surface area (Å²) in [7, 11) is 3.09. The molecule has 2 amide bonds. The first-order chi connectivity index (χ1) is 8.69. The van der Waals surface area contributed by atoms with E-state index in [2.05, 4.69) is 0 Å². The highest BCUT2D eigenvalue weighted by atomic mass is 16.5. The minimum absolute atomic E-state index is 0.0105. The molecule has 6 heteroatoms. The second-order valence-electron chi connectivity index (χ2n) is 4.29. The standard InChI is InChI=1S/C12H22N2O4/c1-17-9-4-11(15)13-5-3-6-14(8-7-13)12(16)10-18-2/h3-10H2,1-2H3. The van der Waals surface area contributed by atoms with E-state index in [-0.39, 0.29) is 18.4 Å². The fraction of sp³-hybridized carbons (Fsp3) is 0.833. The molecule has 1 aliphatic heterocycles. The summed E-state index contributed by atoms with van der Waals surface area (Å²) in [5, 5.41) is 0. The van der Waals surface area contributed by atoms with Crippen molar-refractivity contribution in [3.63, 3.8) is 0 Å². The molecule has 0 N–H and O–H groups in total. The lowest BCUT2D eigenvalue weighted by atomic mass is 10.3. The van der Waals surface area contributed by atoms with Crippen LogP contribution in [0.3, 0.4) is 0 Å². The van der Waals surface area contributed by atoms with Gasteiger partial charge in [0.25, 0.3) is 0 Å². The molecular weight excluding hydrogens is 236 g/mol. The van der Waals surface area contributed by atoms with Crippen molar-refractivity contribution in [1.29, 1.82) is 0 Å². The van der Waals surface area contributed by atoms with Crippen LogP contribution in [-0.4, -0.2) is 75.2 Å². The van der Waals surface area contributed by atoms with Gasteiger partial charge in [0.2, 0.25) is 11.8 Å². The van der Waals surface area contributed by atoms with Crippen LogP contribution in [0.1, 0.15) is 12.8 Å². The molecule has 0 unspecified atom stereocenters. The van der Waals surface area contributed by atoms with Gasteiger partial charge in [-0.15, -0.1) is 0 Å². The molecule has 0 aromatic heterocycles. The van der Waals surface area contributed by atoms with E-state index < -0.39 is 0 Å². The van der Waals surface area contributed by atoms with Crippen LogP contribution in [0.25, 0.3) is 0 Å². The maximum atomic E-state index is 11.8. The Kier molecular flexibility index (Phi) is 6.67. The van der Waals surface area contributed by atoms with Crippen LogP contribution in [-0.2, 0) is 19.1 Å². The van der Waals surface area contributed by atoms with E-state index in [4.69, 9.17) is 9.47 Å². The second-order valence-corrected chi connectivity index (χ2v) is 4.29. The molecule has 1 saturated heterocycles. The summed E-state index contributed by atoms with van der Waals surface area (Å²) in [5.41, 5.74) is 0. The highest BCUT2D eigenvalue weighted by Gasteiger charge is 2.21. The Morgan fingerprint density at radius 1 is 0.944 bits per heavy atom. The average molecular weight is 258 g/mol. The maximum Gasteiger partial charge on any atom is 0.248 e. The van der Waals surface area contributed by atoms with Crippen molar-refractivity contribution in [1.82, 2.24) is 9.80 Å². The number of hydrogen-bond acceptors (Lipinski definition) is 4. The fourth-order valence-electron chi connectivity index (χ4n) is 1.98. The van der Waals surface area contributed by atoms with Crippen molar-refractivity contribution in [3.8, 4) is 0 Å². The van der Waals surface area contributed by atoms with Gasteiger partial charge in [-0.2, -0.15) is 0 Å². The second kappa shape index (κ2) is 8.05. The predicted molar refractivity (Wildman–Crippen MR) is 66.1 cm³/mol. The molecule has 1 fully saturated rings. The van der Waals surface area contributed by atoms with E-state index in [9.17, 15) is 9.59 Å². The fourth-order valence-corrected chi connectivity index (χ4v) is 1.98. The molecule has 0 radical (unpaired) electrons. The van der Waals surface area contributed by atoms with E-state index >= 15 is 0 Å². The molecule has 104 valence electrons. The minimum atomic E-state index is -0.0105. The molecule has 1 heterocycles. The van der Waals surface area contributed by atoms with Gasteiger partial charge in [-0.1, -0.05) is 0 Å². The largest absolute Gasteiger partial charge is 0.384 e. The number of carbonyl (C=O) groups is 2. The third kappa shape index (κ3) is 4.62. The van der Waals surface area contributed by atoms with Gasteiger partial charge in [0, 0.05) is 40.4 Å². The van der Waals surface area contributed by atoms with Crippen LogP contribution in [0.15, 0.2) is 0 Å². The molecule has 0 saturated carbocycles. The molecule has 0 aromatic carbocycles. The first kappa shape index (κ1) is 14.9. The van der Waals surface area contributed by atoms with E-state index in [0.717, 1.165) is 6.42 Å². The van der Waals surface area contributed by atoms with E-state index in [0.29, 0.717) is 39.2 Å². The van der Waals surface area contributed by atoms with E-state index in [1.807, 2.05) is 0 Å². The normalized spacial score (nSPS) is 16.6. The van der Waals surface area contributed by atoms with Gasteiger partial charge in [-0.05, 0) is 6.42 Å². The van der Waals surface area contributed by atoms with Crippen molar-refractivity contribution in [2.24, 2.45) is 0 Å². The zero-order valence-electron chi connectivity index (χ0n) is 11.2. The lowest BCUT2D eigenvalue weighted by Crippen LogP contribution is -2.38. The number of ether oxygens (including phenoxy) is 2. The van der Waals surface area contributed by atoms with Crippen molar-refractivity contribution in [3.05, 3.63) is 0 Å². The molecule has 0 atom stereocenters. The molecule has 1 rings (SSSR count). The molecule has 0 bridgehead atoms. The molecular formula is C12H22N2O4. The number of methoxy groups -OCH3 is 2. The zero-order chi connectivity index (χ0) is 13.4. The Bertz CT molecular complexity index is 283. The van der Waals surface area contributed by atoms with E-state index in [1.54, 1.807) is 16.9 Å². The number of nitrogens with zero attached hydrogens (tertiary/aromatic N) is 2. The Hall–Kier alpha value is -1.14. The average Bonchev–Trinajstić information content (AvgIpc) is 2.62. The molecule has 1 aliphatic rings. The zero-order valence-corrected chi connectivity index (χ0v) is 11.2. The summed E-state index contributed by atoms with van der Waals surface area (Å²) >= 11 is 0. The Morgan fingerprint density at radius 2 is 1.56 bits per heavy atom. The third-order valence-electron chi connectivity index (χ3n) is 2.99. The first-order valence-electron chi connectivity index (χ1n) is 6.22. The van der Waals surface area contributed by atoms with Gasteiger partial charge >= 0.3 is 0 Å². The summed E-state index contributed by atoms with van der Waals surface area (Å²) in [6, 6.07) is 0. The third-order valence-corrected chi connectivity index (χ3v) is 2.99. The van der Waals surface area contributed by atoms with Gasteiger partial charge < -0.3 is 19.3 Å². The van der Waals surface area contributed by atoms with Gasteiger partial charge in [-0.25, -0.2) is 0 Å². The lowest BCUT2D eigenvalue weighted by Gasteiger charge is -2.22. The number of hydrogen-bond donors (Lipinski definition) is 0. The maximum absolute atomic E-state index is 11.8. The van der Waals surface area contributed by atoms with Crippen LogP contribution in [0.2, 0.25) is 0 Å². The predicted octanol–water partition coefficient (Wildman–Crippen LogP) is -0.270. The summed E-state index contributed by atoms with van der Waals surface area (Å²) in [5.74, 6) is 0.0848. The van der Waals surface area contributed by atoms with Gasteiger partial charge in [0.05, 0.1) is 13.0 Å². The van der Waals surface area contributed by atoms with Crippen LogP contribution < -0.4 is 0 Å². The highest BCUT2D eigenvalue weighted by molar-refractivity contribution is 5.78. The van der Waals surface area contributed by atoms with Gasteiger partial charge in [0.1, 0.15) is 6.61 Å². The number of rotatable bonds is 5. The summed E-state index contributed by atoms with van der Waals surface area (Å²) in [6.45, 7) is 3.13. The number of amides is 2. The quantitative estimate of drug-likeness (QED) is 0.681. The van der Waals surface area contributed by atoms with Crippen LogP contribution in [0, 0.1) is 0 Å². The van der Waals surface area contributed by atoms with Gasteiger partial charge in [0.15, 0.2) is 0 Å². The molecule has 18 heavy (non-hydrogen) atoms. The molecule has 0 aromatic rings. The molecule has 0 aliphatic carbocycles. The Labute approximate surface area is 108 Å². The van der Waals surface area contributed by atoms with E-state index in [1.165, 1.54) is 7.11 Å². The Balaban J connectivity index is 2.40. The Morgan fingerprint density at radius 3 is 2.11 bits per heavy atom. The molecule has 0 spiro atoms. The highest BCUT2D eigenvalue weighted by Crippen LogP contribution is 2.05. The first-order valence-corrected chi connectivity index (χ1v) is 6.22. The smallest absolute Gasteiger partial charge is 0.248 e. The minimum Gasteiger partial charge on any atom is -0.384 e. The SMILES string of the molecule is COCCC(=O)N1CCCN(C(=O)COC)CC1. The number of carbonyl (C=O) groups excluding carboxylic acids is 2. The van der Waals surface area contributed by atoms with Crippen LogP contribution in [0.4, 0.5) is 0 Å². The summed E-state index contributed by atoms with van der Waals surface area (Å²) < 4.78 is 9.73.